The molecule has 2 rings (SSSR count). The average molecular weight is 205 g/mol. The monoisotopic (exact) mass is 205 g/mol. The predicted molar refractivity (Wildman–Crippen MR) is 51.1 cm³/mol. The molecule has 0 radical (unpaired) electrons. The Morgan fingerprint density at radius 2 is 2.20 bits per heavy atom. The Morgan fingerprint density at radius 3 is 2.87 bits per heavy atom. The van der Waals surface area contributed by atoms with Gasteiger partial charge in [0, 0.05) is 12.5 Å². The van der Waals surface area contributed by atoms with Crippen molar-refractivity contribution in [2.75, 3.05) is 0 Å². The van der Waals surface area contributed by atoms with Crippen molar-refractivity contribution >= 4 is 6.29 Å². The van der Waals surface area contributed by atoms with Crippen molar-refractivity contribution in [3.05, 3.63) is 53.2 Å². The third-order valence-electron chi connectivity index (χ3n) is 2.02. The summed E-state index contributed by atoms with van der Waals surface area (Å²) >= 11 is 0. The highest BCUT2D eigenvalue weighted by molar-refractivity contribution is 5.71. The summed E-state index contributed by atoms with van der Waals surface area (Å²) in [5, 5.41) is 3.50. The summed E-state index contributed by atoms with van der Waals surface area (Å²) < 4.78 is 18.1. The van der Waals surface area contributed by atoms with Gasteiger partial charge in [-0.2, -0.15) is 0 Å². The van der Waals surface area contributed by atoms with Crippen molar-refractivity contribution in [1.82, 2.24) is 5.16 Å². The van der Waals surface area contributed by atoms with Crippen molar-refractivity contribution in [1.29, 1.82) is 0 Å². The summed E-state index contributed by atoms with van der Waals surface area (Å²) in [5.41, 5.74) is 0.743. The molecular weight excluding hydrogens is 197 g/mol. The molecule has 0 amide bonds. The van der Waals surface area contributed by atoms with Crippen molar-refractivity contribution in [3.8, 4) is 0 Å². The van der Waals surface area contributed by atoms with E-state index in [-0.39, 0.29) is 11.5 Å². The van der Waals surface area contributed by atoms with Crippen LogP contribution in [0.1, 0.15) is 21.8 Å². The van der Waals surface area contributed by atoms with Crippen LogP contribution in [-0.4, -0.2) is 11.4 Å². The molecule has 0 fully saturated rings. The van der Waals surface area contributed by atoms with E-state index in [0.29, 0.717) is 24.0 Å². The lowest BCUT2D eigenvalue weighted by Gasteiger charge is -1.98. The van der Waals surface area contributed by atoms with Crippen LogP contribution in [0.4, 0.5) is 4.39 Å². The molecule has 0 bridgehead atoms. The Hall–Kier alpha value is -1.97. The first kappa shape index (κ1) is 9.58. The van der Waals surface area contributed by atoms with Crippen LogP contribution in [0.2, 0.25) is 0 Å². The second kappa shape index (κ2) is 4.04. The summed E-state index contributed by atoms with van der Waals surface area (Å²) in [5.74, 6) is 0.184. The number of benzene rings is 1. The number of nitrogens with zero attached hydrogens (tertiary/aromatic N) is 1. The van der Waals surface area contributed by atoms with Crippen LogP contribution < -0.4 is 0 Å². The smallest absolute Gasteiger partial charge is 0.171 e. The summed E-state index contributed by atoms with van der Waals surface area (Å²) in [4.78, 5) is 10.3. The second-order valence-corrected chi connectivity index (χ2v) is 3.10. The first-order valence-corrected chi connectivity index (χ1v) is 4.44. The van der Waals surface area contributed by atoms with Gasteiger partial charge in [0.05, 0.1) is 0 Å². The van der Waals surface area contributed by atoms with E-state index in [9.17, 15) is 9.18 Å². The minimum Gasteiger partial charge on any atom is -0.360 e. The van der Waals surface area contributed by atoms with E-state index in [2.05, 4.69) is 5.16 Å². The fraction of sp³-hybridized carbons (Fsp3) is 0.0909. The predicted octanol–water partition coefficient (Wildman–Crippen LogP) is 2.22. The zero-order valence-electron chi connectivity index (χ0n) is 7.81. The van der Waals surface area contributed by atoms with Crippen LogP contribution in [0, 0.1) is 5.82 Å². The van der Waals surface area contributed by atoms with E-state index in [1.807, 2.05) is 0 Å². The number of carbonyl (C=O) groups is 1. The molecule has 0 saturated carbocycles. The largest absolute Gasteiger partial charge is 0.360 e. The van der Waals surface area contributed by atoms with E-state index in [0.717, 1.165) is 0 Å². The number of halogens is 1. The maximum atomic E-state index is 13.2. The van der Waals surface area contributed by atoms with E-state index >= 15 is 0 Å². The average Bonchev–Trinajstić information content (AvgIpc) is 2.69. The minimum atomic E-state index is -0.290. The Balaban J connectivity index is 2.22. The van der Waals surface area contributed by atoms with Gasteiger partial charge in [-0.15, -0.1) is 0 Å². The van der Waals surface area contributed by atoms with E-state index in [4.69, 9.17) is 4.52 Å². The summed E-state index contributed by atoms with van der Waals surface area (Å²) in [6.45, 7) is 0. The molecule has 1 aromatic carbocycles. The molecule has 0 N–H and O–H groups in total. The summed E-state index contributed by atoms with van der Waals surface area (Å²) in [6.07, 6.45) is 0.891. The highest BCUT2D eigenvalue weighted by Crippen LogP contribution is 2.13. The van der Waals surface area contributed by atoms with Crippen LogP contribution >= 0.6 is 0 Å². The Kier molecular flexibility index (Phi) is 2.58. The zero-order valence-corrected chi connectivity index (χ0v) is 7.81. The topological polar surface area (TPSA) is 43.1 Å². The molecular formula is C11H8FNO2. The maximum absolute atomic E-state index is 13.2. The van der Waals surface area contributed by atoms with Gasteiger partial charge in [0.25, 0.3) is 0 Å². The van der Waals surface area contributed by atoms with Crippen molar-refractivity contribution in [2.45, 2.75) is 6.42 Å². The molecule has 1 heterocycles. The van der Waals surface area contributed by atoms with E-state index in [1.54, 1.807) is 18.2 Å². The van der Waals surface area contributed by atoms with Gasteiger partial charge in [-0.1, -0.05) is 23.4 Å². The van der Waals surface area contributed by atoms with Gasteiger partial charge in [-0.3, -0.25) is 4.79 Å². The molecule has 0 unspecified atom stereocenters. The van der Waals surface area contributed by atoms with Crippen LogP contribution in [-0.2, 0) is 6.42 Å². The Bertz CT molecular complexity index is 479. The van der Waals surface area contributed by atoms with Gasteiger partial charge in [0.1, 0.15) is 17.3 Å². The molecule has 3 nitrogen and oxygen atoms in total. The van der Waals surface area contributed by atoms with Gasteiger partial charge in [-0.25, -0.2) is 4.39 Å². The lowest BCUT2D eigenvalue weighted by atomic mass is 10.1. The van der Waals surface area contributed by atoms with Crippen LogP contribution in [0.15, 0.2) is 34.9 Å². The molecule has 0 aliphatic heterocycles. The number of carbonyl (C=O) groups excluding carboxylic acids is 1. The van der Waals surface area contributed by atoms with Gasteiger partial charge >= 0.3 is 0 Å². The molecule has 76 valence electrons. The second-order valence-electron chi connectivity index (χ2n) is 3.10. The summed E-state index contributed by atoms with van der Waals surface area (Å²) in [6, 6.07) is 7.91. The molecule has 0 aliphatic carbocycles. The lowest BCUT2D eigenvalue weighted by Crippen LogP contribution is -1.90. The van der Waals surface area contributed by atoms with Gasteiger partial charge in [0.15, 0.2) is 6.29 Å². The molecule has 0 spiro atoms. The van der Waals surface area contributed by atoms with Crippen molar-refractivity contribution < 1.29 is 13.7 Å². The quantitative estimate of drug-likeness (QED) is 0.721. The third-order valence-corrected chi connectivity index (χ3v) is 2.02. The molecule has 0 saturated heterocycles. The number of rotatable bonds is 3. The maximum Gasteiger partial charge on any atom is 0.171 e. The first-order chi connectivity index (χ1) is 7.29. The SMILES string of the molecule is O=Cc1cc(Cc2ccccc2F)on1. The van der Waals surface area contributed by atoms with Crippen LogP contribution in [0.3, 0.4) is 0 Å². The zero-order chi connectivity index (χ0) is 10.7. The highest BCUT2D eigenvalue weighted by atomic mass is 19.1. The van der Waals surface area contributed by atoms with E-state index < -0.39 is 0 Å². The fourth-order valence-corrected chi connectivity index (χ4v) is 1.30. The third kappa shape index (κ3) is 2.10. The number of hydrogen-bond donors (Lipinski definition) is 0. The highest BCUT2D eigenvalue weighted by Gasteiger charge is 2.07. The van der Waals surface area contributed by atoms with Gasteiger partial charge in [-0.05, 0) is 11.6 Å². The first-order valence-electron chi connectivity index (χ1n) is 4.44. The molecule has 0 aliphatic rings. The van der Waals surface area contributed by atoms with Crippen molar-refractivity contribution in [2.24, 2.45) is 0 Å². The fourth-order valence-electron chi connectivity index (χ4n) is 1.30. The normalized spacial score (nSPS) is 10.2. The minimum absolute atomic E-state index is 0.223. The van der Waals surface area contributed by atoms with Crippen LogP contribution in [0.5, 0.6) is 0 Å². The number of aromatic nitrogens is 1. The molecule has 4 heteroatoms. The lowest BCUT2D eigenvalue weighted by molar-refractivity contribution is 0.111. The Labute approximate surface area is 85.5 Å². The van der Waals surface area contributed by atoms with Gasteiger partial charge < -0.3 is 4.52 Å². The molecule has 1 aromatic heterocycles. The summed E-state index contributed by atoms with van der Waals surface area (Å²) in [7, 11) is 0. The number of hydrogen-bond acceptors (Lipinski definition) is 3. The molecule has 15 heavy (non-hydrogen) atoms. The Morgan fingerprint density at radius 1 is 1.40 bits per heavy atom. The van der Waals surface area contributed by atoms with Gasteiger partial charge in [0.2, 0.25) is 0 Å². The van der Waals surface area contributed by atoms with E-state index in [1.165, 1.54) is 12.1 Å². The van der Waals surface area contributed by atoms with Crippen LogP contribution in [0.25, 0.3) is 0 Å². The molecule has 0 atom stereocenters. The van der Waals surface area contributed by atoms with Crippen molar-refractivity contribution in [3.63, 3.8) is 0 Å². The molecule has 2 aromatic rings. The number of aldehydes is 1. The standard InChI is InChI=1S/C11H8FNO2/c12-11-4-2-1-3-8(11)5-10-6-9(7-14)13-15-10/h1-4,6-7H,5H2.